The number of carbonyl (C=O) groups is 1. The molecule has 0 bridgehead atoms. The Balaban J connectivity index is 0.000000567. The molecule has 0 spiro atoms. The second kappa shape index (κ2) is 11.2. The third kappa shape index (κ3) is 8.97. The first-order valence-corrected chi connectivity index (χ1v) is 9.61. The molecule has 4 nitrogen and oxygen atoms in total. The molecule has 2 fully saturated rings. The highest BCUT2D eigenvalue weighted by atomic mass is 19.3. The van der Waals surface area contributed by atoms with Gasteiger partial charge in [-0.2, -0.15) is 0 Å². The van der Waals surface area contributed by atoms with Crippen molar-refractivity contribution in [2.24, 2.45) is 29.4 Å². The molecule has 3 N–H and O–H groups in total. The SMILES string of the molecule is C.C[C@@H]1C[C@H](C(F)F)C[C@H]1N.C[C@@H]1C[C@H](C(F)F)C[C@H]1NC(=O)OC(C)(C)C. The highest BCUT2D eigenvalue weighted by Gasteiger charge is 2.37. The molecular weight excluding hydrogens is 376 g/mol. The van der Waals surface area contributed by atoms with Crippen molar-refractivity contribution in [2.45, 2.75) is 98.3 Å². The summed E-state index contributed by atoms with van der Waals surface area (Å²) >= 11 is 0. The van der Waals surface area contributed by atoms with E-state index in [1.807, 2.05) is 13.8 Å². The van der Waals surface area contributed by atoms with Crippen molar-refractivity contribution >= 4 is 6.09 Å². The van der Waals surface area contributed by atoms with Gasteiger partial charge in [0.05, 0.1) is 0 Å². The van der Waals surface area contributed by atoms with Crippen LogP contribution in [-0.2, 0) is 4.74 Å². The quantitative estimate of drug-likeness (QED) is 0.604. The fraction of sp³-hybridized carbons (Fsp3) is 0.950. The summed E-state index contributed by atoms with van der Waals surface area (Å²) in [6.45, 7) is 9.13. The molecular formula is C20H38F4N2O2. The van der Waals surface area contributed by atoms with Crippen LogP contribution in [0.5, 0.6) is 0 Å². The van der Waals surface area contributed by atoms with E-state index in [-0.39, 0.29) is 31.3 Å². The number of alkyl halides is 4. The normalized spacial score (nSPS) is 32.6. The molecule has 2 aliphatic rings. The molecule has 0 saturated heterocycles. The zero-order valence-electron chi connectivity index (χ0n) is 16.9. The lowest BCUT2D eigenvalue weighted by Gasteiger charge is -2.23. The summed E-state index contributed by atoms with van der Waals surface area (Å²) in [6.07, 6.45) is -3.11. The summed E-state index contributed by atoms with van der Waals surface area (Å²) in [7, 11) is 0. The van der Waals surface area contributed by atoms with Crippen molar-refractivity contribution in [1.29, 1.82) is 0 Å². The Bertz CT molecular complexity index is 462. The average molecular weight is 415 g/mol. The molecule has 2 rings (SSSR count). The fourth-order valence-corrected chi connectivity index (χ4v) is 3.70. The highest BCUT2D eigenvalue weighted by molar-refractivity contribution is 5.68. The van der Waals surface area contributed by atoms with Crippen LogP contribution in [0.25, 0.3) is 0 Å². The summed E-state index contributed by atoms with van der Waals surface area (Å²) < 4.78 is 54.3. The van der Waals surface area contributed by atoms with Crippen LogP contribution in [0.3, 0.4) is 0 Å². The molecule has 8 heteroatoms. The van der Waals surface area contributed by atoms with Gasteiger partial charge in [0.15, 0.2) is 0 Å². The molecule has 1 amide bonds. The summed E-state index contributed by atoms with van der Waals surface area (Å²) in [6, 6.07) is -0.206. The van der Waals surface area contributed by atoms with Crippen LogP contribution in [0.2, 0.25) is 0 Å². The van der Waals surface area contributed by atoms with Crippen molar-refractivity contribution < 1.29 is 27.1 Å². The Labute approximate surface area is 167 Å². The Kier molecular flexibility index (Phi) is 10.8. The van der Waals surface area contributed by atoms with E-state index in [0.717, 1.165) is 0 Å². The predicted molar refractivity (Wildman–Crippen MR) is 104 cm³/mol. The second-order valence-electron chi connectivity index (χ2n) is 9.00. The van der Waals surface area contributed by atoms with Gasteiger partial charge in [-0.3, -0.25) is 0 Å². The standard InChI is InChI=1S/C12H21F2NO2.C7H13F2N.CH4/c1-7-5-8(10(13)14)6-9(7)15-11(16)17-12(2,3)4;1-4-2-5(7(8)9)3-6(4)10;/h7-10H,5-6H2,1-4H3,(H,15,16);4-7H,2-3,10H2,1H3;1H4/t7-,8+,9-;4-,5+,6-;/m11./s1. The number of hydrogen-bond acceptors (Lipinski definition) is 3. The number of carbonyl (C=O) groups excluding carboxylic acids is 1. The molecule has 0 unspecified atom stereocenters. The van der Waals surface area contributed by atoms with Crippen LogP contribution in [0.4, 0.5) is 22.4 Å². The van der Waals surface area contributed by atoms with Gasteiger partial charge >= 0.3 is 6.09 Å². The van der Waals surface area contributed by atoms with E-state index in [1.165, 1.54) is 0 Å². The van der Waals surface area contributed by atoms with Gasteiger partial charge in [-0.15, -0.1) is 0 Å². The number of halogens is 4. The maximum Gasteiger partial charge on any atom is 0.407 e. The summed E-state index contributed by atoms with van der Waals surface area (Å²) in [5.74, 6) is -0.699. The third-order valence-corrected chi connectivity index (χ3v) is 5.31. The lowest BCUT2D eigenvalue weighted by molar-refractivity contribution is 0.0484. The fourth-order valence-electron chi connectivity index (χ4n) is 3.70. The van der Waals surface area contributed by atoms with E-state index < -0.39 is 36.4 Å². The lowest BCUT2D eigenvalue weighted by atomic mass is 10.1. The molecule has 0 radical (unpaired) electrons. The Morgan fingerprint density at radius 3 is 1.75 bits per heavy atom. The van der Waals surface area contributed by atoms with E-state index >= 15 is 0 Å². The zero-order chi connectivity index (χ0) is 20.9. The van der Waals surface area contributed by atoms with Gasteiger partial charge < -0.3 is 15.8 Å². The van der Waals surface area contributed by atoms with Gasteiger partial charge in [0.1, 0.15) is 5.60 Å². The van der Waals surface area contributed by atoms with E-state index in [4.69, 9.17) is 10.5 Å². The highest BCUT2D eigenvalue weighted by Crippen LogP contribution is 2.35. The molecule has 2 aliphatic carbocycles. The van der Waals surface area contributed by atoms with E-state index in [2.05, 4.69) is 5.32 Å². The first kappa shape index (κ1) is 27.0. The van der Waals surface area contributed by atoms with Crippen LogP contribution < -0.4 is 11.1 Å². The second-order valence-corrected chi connectivity index (χ2v) is 9.00. The van der Waals surface area contributed by atoms with Gasteiger partial charge in [-0.25, -0.2) is 22.4 Å². The van der Waals surface area contributed by atoms with Gasteiger partial charge in [0.25, 0.3) is 0 Å². The topological polar surface area (TPSA) is 64.3 Å². The van der Waals surface area contributed by atoms with E-state index in [1.54, 1.807) is 20.8 Å². The largest absolute Gasteiger partial charge is 0.444 e. The number of nitrogens with two attached hydrogens (primary N) is 1. The molecule has 0 heterocycles. The molecule has 2 saturated carbocycles. The number of amides is 1. The summed E-state index contributed by atoms with van der Waals surface area (Å²) in [5, 5.41) is 2.68. The molecule has 0 aromatic heterocycles. The third-order valence-electron chi connectivity index (χ3n) is 5.31. The molecule has 6 atom stereocenters. The monoisotopic (exact) mass is 414 g/mol. The van der Waals surface area contributed by atoms with Crippen LogP contribution in [-0.4, -0.2) is 36.6 Å². The Morgan fingerprint density at radius 1 is 0.964 bits per heavy atom. The van der Waals surface area contributed by atoms with Gasteiger partial charge in [0.2, 0.25) is 12.9 Å². The number of ether oxygens (including phenoxy) is 1. The van der Waals surface area contributed by atoms with Crippen molar-refractivity contribution in [3.05, 3.63) is 0 Å². The van der Waals surface area contributed by atoms with Gasteiger partial charge in [0, 0.05) is 23.9 Å². The molecule has 0 aromatic carbocycles. The molecule has 28 heavy (non-hydrogen) atoms. The zero-order valence-corrected chi connectivity index (χ0v) is 16.9. The van der Waals surface area contributed by atoms with Crippen molar-refractivity contribution in [3.63, 3.8) is 0 Å². The average Bonchev–Trinajstić information content (AvgIpc) is 3.02. The van der Waals surface area contributed by atoms with Crippen molar-refractivity contribution in [3.8, 4) is 0 Å². The van der Waals surface area contributed by atoms with Crippen LogP contribution in [0.1, 0.15) is 67.7 Å². The Hall–Kier alpha value is -1.05. The predicted octanol–water partition coefficient (Wildman–Crippen LogP) is 5.45. The van der Waals surface area contributed by atoms with Gasteiger partial charge in [-0.05, 0) is 58.3 Å². The first-order chi connectivity index (χ1) is 12.3. The van der Waals surface area contributed by atoms with Crippen molar-refractivity contribution in [2.75, 3.05) is 0 Å². The maximum absolute atomic E-state index is 12.6. The van der Waals surface area contributed by atoms with Crippen LogP contribution in [0.15, 0.2) is 0 Å². The van der Waals surface area contributed by atoms with E-state index in [0.29, 0.717) is 25.7 Å². The summed E-state index contributed by atoms with van der Waals surface area (Å²) in [4.78, 5) is 11.5. The van der Waals surface area contributed by atoms with Crippen LogP contribution in [0, 0.1) is 23.7 Å². The molecule has 168 valence electrons. The maximum atomic E-state index is 12.6. The molecule has 0 aromatic rings. The van der Waals surface area contributed by atoms with Crippen molar-refractivity contribution in [1.82, 2.24) is 5.32 Å². The number of nitrogens with one attached hydrogen (secondary N) is 1. The van der Waals surface area contributed by atoms with Gasteiger partial charge in [-0.1, -0.05) is 21.3 Å². The van der Waals surface area contributed by atoms with E-state index in [9.17, 15) is 22.4 Å². The first-order valence-electron chi connectivity index (χ1n) is 9.61. The minimum atomic E-state index is -2.30. The number of alkyl carbamates (subject to hydrolysis) is 1. The smallest absolute Gasteiger partial charge is 0.407 e. The number of hydrogen-bond donors (Lipinski definition) is 2. The molecule has 0 aliphatic heterocycles. The van der Waals surface area contributed by atoms with Crippen LogP contribution >= 0.6 is 0 Å². The minimum Gasteiger partial charge on any atom is -0.444 e. The minimum absolute atomic E-state index is 0. The lowest BCUT2D eigenvalue weighted by Crippen LogP contribution is -2.40. The Morgan fingerprint density at radius 2 is 1.43 bits per heavy atom. The summed E-state index contributed by atoms with van der Waals surface area (Å²) in [5.41, 5.74) is 5.01. The number of rotatable bonds is 3.